The number of nitrogens with one attached hydrogen (secondary N) is 3. The second-order valence-corrected chi connectivity index (χ2v) is 4.50. The molecule has 1 heterocycles. The number of H-pyrrole nitrogens is 1. The second kappa shape index (κ2) is 4.44. The summed E-state index contributed by atoms with van der Waals surface area (Å²) in [5.41, 5.74) is 1.01. The quantitative estimate of drug-likeness (QED) is 0.693. The van der Waals surface area contributed by atoms with Crippen LogP contribution in [0.1, 0.15) is 26.5 Å². The summed E-state index contributed by atoms with van der Waals surface area (Å²) in [4.78, 5) is 11.2. The molecule has 5 heteroatoms. The van der Waals surface area contributed by atoms with Gasteiger partial charge in [0.05, 0.1) is 6.54 Å². The van der Waals surface area contributed by atoms with Gasteiger partial charge in [0.15, 0.2) is 5.82 Å². The van der Waals surface area contributed by atoms with Crippen LogP contribution in [0, 0.1) is 0 Å². The van der Waals surface area contributed by atoms with Gasteiger partial charge >= 0.3 is 0 Å². The Morgan fingerprint density at radius 2 is 2.20 bits per heavy atom. The van der Waals surface area contributed by atoms with Crippen molar-refractivity contribution < 1.29 is 4.79 Å². The zero-order valence-electron chi connectivity index (χ0n) is 9.64. The molecule has 5 nitrogen and oxygen atoms in total. The third kappa shape index (κ3) is 3.36. The smallest absolute Gasteiger partial charge is 0.239 e. The van der Waals surface area contributed by atoms with Crippen molar-refractivity contribution in [2.24, 2.45) is 0 Å². The van der Waals surface area contributed by atoms with Crippen LogP contribution in [-0.4, -0.2) is 29.7 Å². The van der Waals surface area contributed by atoms with E-state index in [0.29, 0.717) is 5.82 Å². The van der Waals surface area contributed by atoms with Gasteiger partial charge in [-0.1, -0.05) is 20.8 Å². The predicted molar refractivity (Wildman–Crippen MR) is 59.8 cm³/mol. The number of likely N-dealkylation sites (N-methyl/N-ethyl adjacent to an activating group) is 1. The molecule has 0 aromatic carbocycles. The van der Waals surface area contributed by atoms with Crippen LogP contribution in [0.4, 0.5) is 5.82 Å². The fourth-order valence-corrected chi connectivity index (χ4v) is 1.12. The first kappa shape index (κ1) is 11.7. The molecule has 15 heavy (non-hydrogen) atoms. The Morgan fingerprint density at radius 3 is 2.67 bits per heavy atom. The van der Waals surface area contributed by atoms with E-state index in [4.69, 9.17) is 0 Å². The molecule has 0 bridgehead atoms. The Morgan fingerprint density at radius 1 is 1.53 bits per heavy atom. The number of anilines is 1. The molecular weight excluding hydrogens is 192 g/mol. The normalized spacial score (nSPS) is 11.5. The topological polar surface area (TPSA) is 69.8 Å². The Bertz CT molecular complexity index is 337. The molecule has 0 atom stereocenters. The summed E-state index contributed by atoms with van der Waals surface area (Å²) in [7, 11) is 1.73. The summed E-state index contributed by atoms with van der Waals surface area (Å²) in [6.45, 7) is 6.54. The first-order chi connectivity index (χ1) is 6.93. The van der Waals surface area contributed by atoms with Crippen molar-refractivity contribution in [1.82, 2.24) is 15.5 Å². The van der Waals surface area contributed by atoms with Crippen molar-refractivity contribution in [3.8, 4) is 0 Å². The van der Waals surface area contributed by atoms with Gasteiger partial charge in [-0.2, -0.15) is 5.10 Å². The van der Waals surface area contributed by atoms with Crippen molar-refractivity contribution in [1.29, 1.82) is 0 Å². The lowest BCUT2D eigenvalue weighted by Gasteiger charge is -2.14. The predicted octanol–water partition coefficient (Wildman–Crippen LogP) is 0.865. The minimum Gasteiger partial charge on any atom is -0.311 e. The van der Waals surface area contributed by atoms with E-state index in [1.54, 1.807) is 7.05 Å². The monoisotopic (exact) mass is 210 g/mol. The summed E-state index contributed by atoms with van der Waals surface area (Å²) < 4.78 is 0. The highest BCUT2D eigenvalue weighted by Gasteiger charge is 2.17. The third-order valence-corrected chi connectivity index (χ3v) is 1.99. The maximum Gasteiger partial charge on any atom is 0.239 e. The fraction of sp³-hybridized carbons (Fsp3) is 0.600. The van der Waals surface area contributed by atoms with E-state index in [1.165, 1.54) is 0 Å². The van der Waals surface area contributed by atoms with E-state index in [0.717, 1.165) is 5.69 Å². The number of nitrogens with zero attached hydrogens (tertiary/aromatic N) is 1. The van der Waals surface area contributed by atoms with E-state index in [9.17, 15) is 4.79 Å². The zero-order valence-corrected chi connectivity index (χ0v) is 9.64. The summed E-state index contributed by atoms with van der Waals surface area (Å²) in [6.07, 6.45) is 0. The van der Waals surface area contributed by atoms with Crippen molar-refractivity contribution in [3.05, 3.63) is 11.8 Å². The van der Waals surface area contributed by atoms with Crippen molar-refractivity contribution in [2.45, 2.75) is 26.2 Å². The van der Waals surface area contributed by atoms with E-state index < -0.39 is 0 Å². The lowest BCUT2D eigenvalue weighted by atomic mass is 9.92. The number of carbonyl (C=O) groups excluding carboxylic acids is 1. The van der Waals surface area contributed by atoms with Crippen LogP contribution in [0.5, 0.6) is 0 Å². The van der Waals surface area contributed by atoms with Gasteiger partial charge in [0.1, 0.15) is 0 Å². The minimum atomic E-state index is -0.0931. The molecule has 0 unspecified atom stereocenters. The molecule has 0 aliphatic heterocycles. The summed E-state index contributed by atoms with van der Waals surface area (Å²) in [6, 6.07) is 1.85. The molecule has 0 saturated carbocycles. The van der Waals surface area contributed by atoms with Gasteiger partial charge in [-0.25, -0.2) is 0 Å². The number of hydrogen-bond acceptors (Lipinski definition) is 3. The van der Waals surface area contributed by atoms with Gasteiger partial charge in [-0.3, -0.25) is 9.89 Å². The largest absolute Gasteiger partial charge is 0.311 e. The van der Waals surface area contributed by atoms with Gasteiger partial charge in [-0.05, 0) is 7.05 Å². The summed E-state index contributed by atoms with van der Waals surface area (Å²) >= 11 is 0. The molecule has 0 aliphatic rings. The standard InChI is InChI=1S/C10H18N4O/c1-10(2,3)7-5-8(14-13-7)12-9(15)6-11-4/h5,11H,6H2,1-4H3,(H2,12,13,14,15). The van der Waals surface area contributed by atoms with E-state index in [1.807, 2.05) is 6.07 Å². The first-order valence-electron chi connectivity index (χ1n) is 4.94. The van der Waals surface area contributed by atoms with E-state index in [-0.39, 0.29) is 17.9 Å². The fourth-order valence-electron chi connectivity index (χ4n) is 1.12. The average Bonchev–Trinajstić information content (AvgIpc) is 2.52. The lowest BCUT2D eigenvalue weighted by molar-refractivity contribution is -0.115. The minimum absolute atomic E-state index is 0.0129. The number of aromatic nitrogens is 2. The Balaban J connectivity index is 2.65. The molecule has 1 amide bonds. The van der Waals surface area contributed by atoms with Crippen LogP contribution >= 0.6 is 0 Å². The van der Waals surface area contributed by atoms with Gasteiger partial charge in [-0.15, -0.1) is 0 Å². The molecule has 0 saturated heterocycles. The van der Waals surface area contributed by atoms with Crippen molar-refractivity contribution >= 4 is 11.7 Å². The summed E-state index contributed by atoms with van der Waals surface area (Å²) in [5, 5.41) is 12.4. The molecule has 1 rings (SSSR count). The first-order valence-corrected chi connectivity index (χ1v) is 4.94. The van der Waals surface area contributed by atoms with Crippen LogP contribution in [0.25, 0.3) is 0 Å². The molecule has 84 valence electrons. The maximum atomic E-state index is 11.2. The molecule has 0 spiro atoms. The maximum absolute atomic E-state index is 11.2. The number of carbonyl (C=O) groups is 1. The van der Waals surface area contributed by atoms with Gasteiger partial charge in [0.25, 0.3) is 0 Å². The highest BCUT2D eigenvalue weighted by Crippen LogP contribution is 2.21. The Kier molecular flexibility index (Phi) is 3.47. The van der Waals surface area contributed by atoms with Crippen LogP contribution in [0.3, 0.4) is 0 Å². The molecule has 0 radical (unpaired) electrons. The lowest BCUT2D eigenvalue weighted by Crippen LogP contribution is -2.25. The van der Waals surface area contributed by atoms with Gasteiger partial charge in [0.2, 0.25) is 5.91 Å². The second-order valence-electron chi connectivity index (χ2n) is 4.50. The molecule has 3 N–H and O–H groups in total. The van der Waals surface area contributed by atoms with Gasteiger partial charge in [0, 0.05) is 17.2 Å². The summed E-state index contributed by atoms with van der Waals surface area (Å²) in [5.74, 6) is 0.477. The Labute approximate surface area is 89.6 Å². The van der Waals surface area contributed by atoms with Crippen molar-refractivity contribution in [2.75, 3.05) is 18.9 Å². The van der Waals surface area contributed by atoms with Crippen LogP contribution in [0.2, 0.25) is 0 Å². The molecule has 0 aliphatic carbocycles. The number of aromatic amines is 1. The zero-order chi connectivity index (χ0) is 11.5. The third-order valence-electron chi connectivity index (χ3n) is 1.99. The number of amides is 1. The van der Waals surface area contributed by atoms with Crippen molar-refractivity contribution in [3.63, 3.8) is 0 Å². The average molecular weight is 210 g/mol. The highest BCUT2D eigenvalue weighted by atomic mass is 16.1. The van der Waals surface area contributed by atoms with Crippen LogP contribution in [0.15, 0.2) is 6.07 Å². The van der Waals surface area contributed by atoms with E-state index >= 15 is 0 Å². The van der Waals surface area contributed by atoms with Crippen LogP contribution in [-0.2, 0) is 10.2 Å². The van der Waals surface area contributed by atoms with Crippen LogP contribution < -0.4 is 10.6 Å². The molecular formula is C10H18N4O. The van der Waals surface area contributed by atoms with Gasteiger partial charge < -0.3 is 10.6 Å². The number of hydrogen-bond donors (Lipinski definition) is 3. The molecule has 1 aromatic rings. The van der Waals surface area contributed by atoms with E-state index in [2.05, 4.69) is 41.6 Å². The Hall–Kier alpha value is -1.36. The molecule has 0 fully saturated rings. The SMILES string of the molecule is CNCC(=O)Nc1cc(C(C)(C)C)[nH]n1. The highest BCUT2D eigenvalue weighted by molar-refractivity contribution is 5.91. The molecule has 1 aromatic heterocycles. The number of rotatable bonds is 3.